The van der Waals surface area contributed by atoms with E-state index in [-0.39, 0.29) is 19.8 Å². The van der Waals surface area contributed by atoms with Crippen LogP contribution in [0.4, 0.5) is 0 Å². The zero-order chi connectivity index (χ0) is 26.2. The normalized spacial score (nSPS) is 12.2. The minimum atomic E-state index is -0.911. The van der Waals surface area contributed by atoms with Gasteiger partial charge >= 0.3 is 0 Å². The van der Waals surface area contributed by atoms with Crippen molar-refractivity contribution in [3.05, 3.63) is 39.8 Å². The predicted molar refractivity (Wildman–Crippen MR) is 137 cm³/mol. The minimum Gasteiger partial charge on any atom is -0.490 e. The average Bonchev–Trinajstić information content (AvgIpc) is 3.48. The highest BCUT2D eigenvalue weighted by molar-refractivity contribution is 7.15. The van der Waals surface area contributed by atoms with Gasteiger partial charge in [-0.05, 0) is 62.2 Å². The number of aryl methyl sites for hydroxylation is 3. The molecule has 0 saturated carbocycles. The molecule has 11 heteroatoms. The standard InChI is InChI=1S/C25H34N4O6S/c1-5-17-10-18(8-16(3)23(17)34-14-19(32)11-26-22(33)13-31)24-27-25(35-28-24)20-9-15(2)21(36-20)12-29(4)6-7-30/h8-10,19,30-32H,5-7,11-14H2,1-4H3,(H,26,33)/t19-/m0/s1. The first-order chi connectivity index (χ1) is 17.2. The molecule has 4 N–H and O–H groups in total. The molecule has 1 aromatic carbocycles. The number of carbonyl (C=O) groups is 1. The number of aromatic nitrogens is 2. The van der Waals surface area contributed by atoms with Gasteiger partial charge in [0.25, 0.3) is 5.89 Å². The second-order valence-corrected chi connectivity index (χ2v) is 9.80. The molecule has 196 valence electrons. The molecule has 0 aliphatic carbocycles. The molecule has 0 spiro atoms. The Morgan fingerprint density at radius 2 is 2.03 bits per heavy atom. The number of hydrogen-bond acceptors (Lipinski definition) is 10. The number of aliphatic hydroxyl groups excluding tert-OH is 3. The van der Waals surface area contributed by atoms with E-state index in [1.165, 1.54) is 4.88 Å². The fraction of sp³-hybridized carbons (Fsp3) is 0.480. The number of rotatable bonds is 13. The monoisotopic (exact) mass is 518 g/mol. The Bertz CT molecular complexity index is 1160. The molecule has 0 radical (unpaired) electrons. The summed E-state index contributed by atoms with van der Waals surface area (Å²) < 4.78 is 11.5. The van der Waals surface area contributed by atoms with Gasteiger partial charge in [0.2, 0.25) is 11.7 Å². The minimum absolute atomic E-state index is 0.00118. The van der Waals surface area contributed by atoms with E-state index < -0.39 is 18.6 Å². The number of aliphatic hydroxyl groups is 3. The fourth-order valence-corrected chi connectivity index (χ4v) is 4.87. The number of thiophene rings is 1. The van der Waals surface area contributed by atoms with Crippen LogP contribution < -0.4 is 10.1 Å². The summed E-state index contributed by atoms with van der Waals surface area (Å²) in [6, 6.07) is 5.90. The highest BCUT2D eigenvalue weighted by Crippen LogP contribution is 2.34. The maximum absolute atomic E-state index is 11.2. The second kappa shape index (κ2) is 12.9. The number of nitrogens with zero attached hydrogens (tertiary/aromatic N) is 3. The van der Waals surface area contributed by atoms with E-state index in [0.29, 0.717) is 30.4 Å². The Kier molecular flexibility index (Phi) is 9.97. The molecule has 3 aromatic rings. The van der Waals surface area contributed by atoms with Crippen molar-refractivity contribution in [2.45, 2.75) is 39.8 Å². The predicted octanol–water partition coefficient (Wildman–Crippen LogP) is 1.92. The molecule has 36 heavy (non-hydrogen) atoms. The van der Waals surface area contributed by atoms with Crippen molar-refractivity contribution >= 4 is 17.2 Å². The van der Waals surface area contributed by atoms with Crippen LogP contribution in [-0.4, -0.2) is 82.3 Å². The molecule has 2 heterocycles. The summed E-state index contributed by atoms with van der Waals surface area (Å²) in [4.78, 5) is 19.9. The summed E-state index contributed by atoms with van der Waals surface area (Å²) in [6.45, 7) is 6.80. The third-order valence-corrected chi connectivity index (χ3v) is 6.85. The van der Waals surface area contributed by atoms with Gasteiger partial charge in [-0.15, -0.1) is 11.3 Å². The van der Waals surface area contributed by atoms with Crippen LogP contribution in [0.25, 0.3) is 22.2 Å². The molecular weight excluding hydrogens is 484 g/mol. The molecule has 0 bridgehead atoms. The van der Waals surface area contributed by atoms with Gasteiger partial charge in [0, 0.05) is 30.1 Å². The van der Waals surface area contributed by atoms with Gasteiger partial charge in [0.15, 0.2) is 0 Å². The lowest BCUT2D eigenvalue weighted by molar-refractivity contribution is -0.124. The van der Waals surface area contributed by atoms with Crippen molar-refractivity contribution in [2.75, 3.05) is 40.0 Å². The van der Waals surface area contributed by atoms with Crippen molar-refractivity contribution < 1.29 is 29.4 Å². The molecule has 0 unspecified atom stereocenters. The third kappa shape index (κ3) is 7.11. The maximum Gasteiger partial charge on any atom is 0.268 e. The molecule has 1 amide bonds. The van der Waals surface area contributed by atoms with Crippen LogP contribution in [0.5, 0.6) is 5.75 Å². The zero-order valence-corrected chi connectivity index (χ0v) is 21.9. The second-order valence-electron chi connectivity index (χ2n) is 8.66. The first-order valence-electron chi connectivity index (χ1n) is 11.8. The summed E-state index contributed by atoms with van der Waals surface area (Å²) in [5.74, 6) is 1.05. The number of benzene rings is 1. The molecule has 1 atom stereocenters. The Hall–Kier alpha value is -2.83. The molecule has 10 nitrogen and oxygen atoms in total. The van der Waals surface area contributed by atoms with E-state index in [1.807, 2.05) is 46.0 Å². The van der Waals surface area contributed by atoms with E-state index >= 15 is 0 Å². The van der Waals surface area contributed by atoms with Crippen LogP contribution in [0.1, 0.15) is 28.5 Å². The maximum atomic E-state index is 11.2. The van der Waals surface area contributed by atoms with Crippen LogP contribution in [0.2, 0.25) is 0 Å². The molecule has 0 aliphatic rings. The number of amides is 1. The van der Waals surface area contributed by atoms with E-state index in [9.17, 15) is 9.90 Å². The fourth-order valence-electron chi connectivity index (χ4n) is 3.69. The smallest absolute Gasteiger partial charge is 0.268 e. The van der Waals surface area contributed by atoms with E-state index in [4.69, 9.17) is 19.5 Å². The first-order valence-corrected chi connectivity index (χ1v) is 12.6. The van der Waals surface area contributed by atoms with Gasteiger partial charge in [-0.1, -0.05) is 12.1 Å². The van der Waals surface area contributed by atoms with E-state index in [0.717, 1.165) is 33.7 Å². The van der Waals surface area contributed by atoms with Gasteiger partial charge in [-0.3, -0.25) is 9.69 Å². The van der Waals surface area contributed by atoms with E-state index in [2.05, 4.69) is 20.4 Å². The summed E-state index contributed by atoms with van der Waals surface area (Å²) in [5.41, 5.74) is 3.74. The van der Waals surface area contributed by atoms with Crippen molar-refractivity contribution in [3.8, 4) is 27.9 Å². The number of likely N-dealkylation sites (N-methyl/N-ethyl adjacent to an activating group) is 1. The Labute approximate surface area is 214 Å². The van der Waals surface area contributed by atoms with Crippen LogP contribution in [0.3, 0.4) is 0 Å². The van der Waals surface area contributed by atoms with Gasteiger partial charge in [0.05, 0.1) is 11.5 Å². The lowest BCUT2D eigenvalue weighted by Crippen LogP contribution is -2.36. The summed E-state index contributed by atoms with van der Waals surface area (Å²) in [5, 5.41) is 34.6. The number of carbonyl (C=O) groups excluding carboxylic acids is 1. The Morgan fingerprint density at radius 1 is 1.25 bits per heavy atom. The van der Waals surface area contributed by atoms with Crippen LogP contribution >= 0.6 is 11.3 Å². The van der Waals surface area contributed by atoms with Crippen molar-refractivity contribution in [1.29, 1.82) is 0 Å². The summed E-state index contributed by atoms with van der Waals surface area (Å²) in [6.07, 6.45) is -0.215. The quantitative estimate of drug-likeness (QED) is 0.267. The van der Waals surface area contributed by atoms with Gasteiger partial charge in [0.1, 0.15) is 25.1 Å². The number of nitrogens with one attached hydrogen (secondary N) is 1. The van der Waals surface area contributed by atoms with Gasteiger partial charge < -0.3 is 29.9 Å². The lowest BCUT2D eigenvalue weighted by atomic mass is 10.0. The van der Waals surface area contributed by atoms with Gasteiger partial charge in [-0.2, -0.15) is 4.98 Å². The summed E-state index contributed by atoms with van der Waals surface area (Å²) in [7, 11) is 1.97. The number of hydrogen-bond donors (Lipinski definition) is 4. The first kappa shape index (κ1) is 27.8. The molecular formula is C25H34N4O6S. The zero-order valence-electron chi connectivity index (χ0n) is 21.1. The van der Waals surface area contributed by atoms with Gasteiger partial charge in [-0.25, -0.2) is 0 Å². The number of ether oxygens (including phenoxy) is 1. The average molecular weight is 519 g/mol. The van der Waals surface area contributed by atoms with Crippen LogP contribution in [0.15, 0.2) is 22.7 Å². The molecule has 2 aromatic heterocycles. The van der Waals surface area contributed by atoms with Crippen molar-refractivity contribution in [1.82, 2.24) is 20.4 Å². The van der Waals surface area contributed by atoms with Crippen molar-refractivity contribution in [3.63, 3.8) is 0 Å². The third-order valence-electron chi connectivity index (χ3n) is 5.64. The molecule has 3 rings (SSSR count). The van der Waals surface area contributed by atoms with E-state index in [1.54, 1.807) is 11.3 Å². The lowest BCUT2D eigenvalue weighted by Gasteiger charge is -2.17. The largest absolute Gasteiger partial charge is 0.490 e. The molecule has 0 saturated heterocycles. The highest BCUT2D eigenvalue weighted by atomic mass is 32.1. The van der Waals surface area contributed by atoms with Crippen LogP contribution in [-0.2, 0) is 17.8 Å². The van der Waals surface area contributed by atoms with Crippen LogP contribution in [0, 0.1) is 13.8 Å². The Balaban J connectivity index is 1.74. The molecule has 0 fully saturated rings. The highest BCUT2D eigenvalue weighted by Gasteiger charge is 2.18. The van der Waals surface area contributed by atoms with Crippen molar-refractivity contribution in [2.24, 2.45) is 0 Å². The SMILES string of the molecule is CCc1cc(-c2noc(-c3cc(C)c(CN(C)CCO)s3)n2)cc(C)c1OC[C@@H](O)CNC(=O)CO. The molecule has 0 aliphatic heterocycles. The summed E-state index contributed by atoms with van der Waals surface area (Å²) >= 11 is 1.60. The topological polar surface area (TPSA) is 141 Å². The Morgan fingerprint density at radius 3 is 2.72 bits per heavy atom.